The number of nitrogens with zero attached hydrogens (tertiary/aromatic N) is 1. The van der Waals surface area contributed by atoms with E-state index in [4.69, 9.17) is 9.47 Å². The third kappa shape index (κ3) is 3.16. The summed E-state index contributed by atoms with van der Waals surface area (Å²) >= 11 is 0. The molecule has 146 valence electrons. The van der Waals surface area contributed by atoms with Crippen LogP contribution in [-0.2, 0) is 19.9 Å². The lowest BCUT2D eigenvalue weighted by molar-refractivity contribution is -0.133. The van der Waals surface area contributed by atoms with Gasteiger partial charge < -0.3 is 9.47 Å². The third-order valence-corrected chi connectivity index (χ3v) is 5.38. The van der Waals surface area contributed by atoms with E-state index in [1.807, 2.05) is 30.3 Å². The number of carbonyl (C=O) groups excluding carboxylic acids is 2. The van der Waals surface area contributed by atoms with Gasteiger partial charge in [-0.15, -0.1) is 0 Å². The zero-order valence-corrected chi connectivity index (χ0v) is 15.2. The van der Waals surface area contributed by atoms with E-state index in [9.17, 15) is 18.4 Å². The zero-order valence-electron chi connectivity index (χ0n) is 15.2. The minimum Gasteiger partial charge on any atom is -0.446 e. The van der Waals surface area contributed by atoms with Crippen molar-refractivity contribution in [2.75, 3.05) is 13.2 Å². The molecule has 0 unspecified atom stereocenters. The van der Waals surface area contributed by atoms with Crippen molar-refractivity contribution < 1.29 is 27.8 Å². The van der Waals surface area contributed by atoms with E-state index in [0.717, 1.165) is 22.6 Å². The highest BCUT2D eigenvalue weighted by Crippen LogP contribution is 2.42. The van der Waals surface area contributed by atoms with Crippen molar-refractivity contribution in [3.63, 3.8) is 0 Å². The van der Waals surface area contributed by atoms with Crippen LogP contribution in [0.1, 0.15) is 30.5 Å². The zero-order chi connectivity index (χ0) is 19.9. The summed E-state index contributed by atoms with van der Waals surface area (Å²) in [5.74, 6) is -2.45. The number of ether oxygens (including phenoxy) is 2. The van der Waals surface area contributed by atoms with Gasteiger partial charge in [0.2, 0.25) is 5.91 Å². The van der Waals surface area contributed by atoms with Crippen molar-refractivity contribution in [3.05, 3.63) is 71.3 Å². The Labute approximate surface area is 160 Å². The van der Waals surface area contributed by atoms with Crippen LogP contribution in [0.5, 0.6) is 0 Å². The first-order chi connectivity index (χ1) is 13.4. The number of amides is 2. The van der Waals surface area contributed by atoms with Gasteiger partial charge in [-0.05, 0) is 25.0 Å². The summed E-state index contributed by atoms with van der Waals surface area (Å²) in [7, 11) is 0. The quantitative estimate of drug-likeness (QED) is 0.801. The summed E-state index contributed by atoms with van der Waals surface area (Å²) in [6.45, 7) is 1.79. The number of imide groups is 1. The fourth-order valence-corrected chi connectivity index (χ4v) is 3.92. The average molecular weight is 387 g/mol. The molecule has 0 radical (unpaired) electrons. The summed E-state index contributed by atoms with van der Waals surface area (Å²) in [5, 5.41) is 0. The van der Waals surface area contributed by atoms with Gasteiger partial charge in [-0.25, -0.2) is 18.5 Å². The molecule has 0 N–H and O–H groups in total. The second-order valence-electron chi connectivity index (χ2n) is 7.28. The molecule has 2 fully saturated rings. The molecule has 2 saturated heterocycles. The van der Waals surface area contributed by atoms with Gasteiger partial charge in [0, 0.05) is 11.6 Å². The Morgan fingerprint density at radius 2 is 1.89 bits per heavy atom. The minimum absolute atomic E-state index is 0.0391. The lowest BCUT2D eigenvalue weighted by Gasteiger charge is -2.25. The first-order valence-electron chi connectivity index (χ1n) is 9.03. The van der Waals surface area contributed by atoms with Gasteiger partial charge in [0.25, 0.3) is 0 Å². The molecule has 2 aliphatic heterocycles. The van der Waals surface area contributed by atoms with Crippen LogP contribution in [0.3, 0.4) is 0 Å². The molecule has 3 atom stereocenters. The van der Waals surface area contributed by atoms with Crippen molar-refractivity contribution in [3.8, 4) is 0 Å². The highest BCUT2D eigenvalue weighted by atomic mass is 19.1. The second-order valence-corrected chi connectivity index (χ2v) is 7.28. The maximum absolute atomic E-state index is 14.2. The molecule has 2 aromatic carbocycles. The Kier molecular flexibility index (Phi) is 4.63. The van der Waals surface area contributed by atoms with Crippen LogP contribution >= 0.6 is 0 Å². The average Bonchev–Trinajstić information content (AvgIpc) is 3.25. The highest BCUT2D eigenvalue weighted by Gasteiger charge is 2.48. The molecule has 0 spiro atoms. The lowest BCUT2D eigenvalue weighted by Crippen LogP contribution is -2.39. The van der Waals surface area contributed by atoms with Crippen molar-refractivity contribution >= 4 is 12.0 Å². The molecule has 0 bridgehead atoms. The first-order valence-corrected chi connectivity index (χ1v) is 9.03. The molecular formula is C21H19F2NO4. The summed E-state index contributed by atoms with van der Waals surface area (Å²) in [5.41, 5.74) is -0.0926. The highest BCUT2D eigenvalue weighted by molar-refractivity contribution is 5.95. The predicted octanol–water partition coefficient (Wildman–Crippen LogP) is 3.94. The molecule has 0 aliphatic carbocycles. The summed E-state index contributed by atoms with van der Waals surface area (Å²) in [4.78, 5) is 26.4. The molecule has 7 heteroatoms. The van der Waals surface area contributed by atoms with Gasteiger partial charge >= 0.3 is 6.09 Å². The van der Waals surface area contributed by atoms with E-state index in [-0.39, 0.29) is 25.2 Å². The Morgan fingerprint density at radius 3 is 2.61 bits per heavy atom. The van der Waals surface area contributed by atoms with E-state index >= 15 is 0 Å². The SMILES string of the molecule is C[C@]1(c2ccc(F)cc2F)C[C@H](C(=O)N2C(=O)OC[C@H]2c2ccccc2)CO1. The Hall–Kier alpha value is -2.80. The van der Waals surface area contributed by atoms with Crippen molar-refractivity contribution in [2.45, 2.75) is 25.0 Å². The molecule has 0 aromatic heterocycles. The third-order valence-electron chi connectivity index (χ3n) is 5.38. The number of hydrogen-bond acceptors (Lipinski definition) is 4. The van der Waals surface area contributed by atoms with E-state index < -0.39 is 41.2 Å². The van der Waals surface area contributed by atoms with Crippen molar-refractivity contribution in [2.24, 2.45) is 5.92 Å². The molecule has 2 aliphatic rings. The van der Waals surface area contributed by atoms with Gasteiger partial charge in [-0.2, -0.15) is 0 Å². The number of cyclic esters (lactones) is 1. The molecule has 0 saturated carbocycles. The second kappa shape index (κ2) is 6.98. The molecular weight excluding hydrogens is 368 g/mol. The first kappa shape index (κ1) is 18.6. The summed E-state index contributed by atoms with van der Waals surface area (Å²) in [6.07, 6.45) is -0.514. The van der Waals surface area contributed by atoms with Gasteiger partial charge in [0.1, 0.15) is 24.3 Å². The lowest BCUT2D eigenvalue weighted by atomic mass is 9.88. The maximum Gasteiger partial charge on any atom is 0.417 e. The standard InChI is InChI=1S/C21H19F2NO4/c1-21(16-8-7-15(22)9-17(16)23)10-14(11-28-21)19(25)24-18(12-27-20(24)26)13-5-3-2-4-6-13/h2-9,14,18H,10-12H2,1H3/t14-,18-,21+/m0/s1. The van der Waals surface area contributed by atoms with E-state index in [0.29, 0.717) is 0 Å². The number of carbonyl (C=O) groups is 2. The molecule has 5 nitrogen and oxygen atoms in total. The summed E-state index contributed by atoms with van der Waals surface area (Å²) in [6, 6.07) is 11.9. The van der Waals surface area contributed by atoms with Crippen LogP contribution in [0.4, 0.5) is 13.6 Å². The van der Waals surface area contributed by atoms with Gasteiger partial charge in [0.15, 0.2) is 0 Å². The van der Waals surface area contributed by atoms with Crippen LogP contribution in [-0.4, -0.2) is 30.1 Å². The maximum atomic E-state index is 14.2. The number of rotatable bonds is 3. The normalized spacial score (nSPS) is 27.1. The Balaban J connectivity index is 1.56. The fraction of sp³-hybridized carbons (Fsp3) is 0.333. The molecule has 4 rings (SSSR count). The van der Waals surface area contributed by atoms with Crippen LogP contribution in [0.25, 0.3) is 0 Å². The monoisotopic (exact) mass is 387 g/mol. The van der Waals surface area contributed by atoms with E-state index in [1.165, 1.54) is 6.07 Å². The molecule has 2 heterocycles. The van der Waals surface area contributed by atoms with Crippen LogP contribution < -0.4 is 0 Å². The minimum atomic E-state index is -1.08. The van der Waals surface area contributed by atoms with Gasteiger partial charge in [0.05, 0.1) is 18.1 Å². The van der Waals surface area contributed by atoms with Crippen LogP contribution in [0.2, 0.25) is 0 Å². The molecule has 28 heavy (non-hydrogen) atoms. The molecule has 2 amide bonds. The van der Waals surface area contributed by atoms with Gasteiger partial charge in [-0.1, -0.05) is 36.4 Å². The van der Waals surface area contributed by atoms with Gasteiger partial charge in [-0.3, -0.25) is 4.79 Å². The molecule has 2 aromatic rings. The smallest absolute Gasteiger partial charge is 0.417 e. The number of benzene rings is 2. The summed E-state index contributed by atoms with van der Waals surface area (Å²) < 4.78 is 38.3. The largest absolute Gasteiger partial charge is 0.446 e. The number of halogens is 2. The van der Waals surface area contributed by atoms with Crippen LogP contribution in [0.15, 0.2) is 48.5 Å². The predicted molar refractivity (Wildman–Crippen MR) is 95.1 cm³/mol. The fourth-order valence-electron chi connectivity index (χ4n) is 3.92. The topological polar surface area (TPSA) is 55.8 Å². The van der Waals surface area contributed by atoms with Crippen molar-refractivity contribution in [1.82, 2.24) is 4.90 Å². The Morgan fingerprint density at radius 1 is 1.14 bits per heavy atom. The number of hydrogen-bond donors (Lipinski definition) is 0. The Bertz CT molecular complexity index is 920. The van der Waals surface area contributed by atoms with Crippen LogP contribution in [0, 0.1) is 17.6 Å². The van der Waals surface area contributed by atoms with Crippen molar-refractivity contribution in [1.29, 1.82) is 0 Å². The van der Waals surface area contributed by atoms with E-state index in [2.05, 4.69) is 0 Å². The van der Waals surface area contributed by atoms with E-state index in [1.54, 1.807) is 6.92 Å².